The van der Waals surface area contributed by atoms with Crippen LogP contribution in [0.5, 0.6) is 0 Å². The molecule has 0 aliphatic heterocycles. The fraction of sp³-hybridized carbons (Fsp3) is 0.143. The van der Waals surface area contributed by atoms with E-state index < -0.39 is 50.4 Å². The second-order valence-electron chi connectivity index (χ2n) is 6.64. The van der Waals surface area contributed by atoms with Crippen LogP contribution in [0.25, 0.3) is 0 Å². The molecular formula is C21H19N3O8S. The predicted octanol–water partition coefficient (Wildman–Crippen LogP) is 2.50. The fourth-order valence-corrected chi connectivity index (χ4v) is 3.70. The van der Waals surface area contributed by atoms with E-state index in [1.807, 2.05) is 4.72 Å². The van der Waals surface area contributed by atoms with E-state index in [2.05, 4.69) is 5.32 Å². The van der Waals surface area contributed by atoms with Crippen LogP contribution >= 0.6 is 0 Å². The maximum Gasteiger partial charge on any atom is 0.321 e. The summed E-state index contributed by atoms with van der Waals surface area (Å²) in [6.45, 7) is -1.14. The van der Waals surface area contributed by atoms with Crippen molar-refractivity contribution in [2.24, 2.45) is 0 Å². The number of ketones is 1. The summed E-state index contributed by atoms with van der Waals surface area (Å²) in [6, 6.07) is 14.7. The number of Topliss-reactive ketones (excluding diaryl/α,β-unsaturated/α-hetero) is 1. The summed E-state index contributed by atoms with van der Waals surface area (Å²) >= 11 is 0. The van der Waals surface area contributed by atoms with Gasteiger partial charge in [0.1, 0.15) is 18.0 Å². The first kappa shape index (κ1) is 23.6. The third-order valence-corrected chi connectivity index (χ3v) is 5.77. The number of nitro groups is 1. The lowest BCUT2D eigenvalue weighted by atomic mass is 10.1. The number of benzene rings is 2. The molecule has 0 atom stereocenters. The Morgan fingerprint density at radius 2 is 1.82 bits per heavy atom. The molecule has 1 aromatic heterocycles. The van der Waals surface area contributed by atoms with Crippen LogP contribution in [-0.4, -0.2) is 38.2 Å². The van der Waals surface area contributed by atoms with Gasteiger partial charge in [0.2, 0.25) is 10.0 Å². The molecule has 0 aliphatic rings. The molecule has 1 heterocycles. The van der Waals surface area contributed by atoms with Gasteiger partial charge in [0.05, 0.1) is 22.6 Å². The fourth-order valence-electron chi connectivity index (χ4n) is 2.72. The Balaban J connectivity index is 1.60. The van der Waals surface area contributed by atoms with Crippen LogP contribution in [0.3, 0.4) is 0 Å². The Bertz CT molecular complexity index is 1240. The van der Waals surface area contributed by atoms with Gasteiger partial charge in [0.15, 0.2) is 12.4 Å². The van der Waals surface area contributed by atoms with E-state index in [0.29, 0.717) is 11.3 Å². The molecule has 3 aromatic rings. The normalized spacial score (nSPS) is 11.0. The van der Waals surface area contributed by atoms with Crippen molar-refractivity contribution in [3.05, 3.63) is 88.4 Å². The summed E-state index contributed by atoms with van der Waals surface area (Å²) in [4.78, 5) is 34.1. The molecule has 0 saturated heterocycles. The van der Waals surface area contributed by atoms with E-state index >= 15 is 0 Å². The Kier molecular flexibility index (Phi) is 7.53. The molecular weight excluding hydrogens is 454 g/mol. The smallest absolute Gasteiger partial charge is 0.321 e. The highest BCUT2D eigenvalue weighted by Gasteiger charge is 2.22. The zero-order chi connectivity index (χ0) is 23.8. The molecule has 11 nitrogen and oxygen atoms in total. The van der Waals surface area contributed by atoms with E-state index in [-0.39, 0.29) is 12.2 Å². The summed E-state index contributed by atoms with van der Waals surface area (Å²) in [5.74, 6) is -0.888. The number of furan rings is 1. The molecule has 33 heavy (non-hydrogen) atoms. The number of nitrogens with one attached hydrogen (secondary N) is 2. The van der Waals surface area contributed by atoms with Crippen LogP contribution in [0.4, 0.5) is 11.4 Å². The third kappa shape index (κ3) is 6.48. The lowest BCUT2D eigenvalue weighted by Gasteiger charge is -2.10. The summed E-state index contributed by atoms with van der Waals surface area (Å²) < 4.78 is 36.9. The molecule has 0 spiro atoms. The maximum atomic E-state index is 12.5. The Morgan fingerprint density at radius 1 is 1.06 bits per heavy atom. The third-order valence-electron chi connectivity index (χ3n) is 4.38. The largest absolute Gasteiger partial charge is 0.467 e. The first-order chi connectivity index (χ1) is 15.8. The average molecular weight is 473 g/mol. The molecule has 0 fully saturated rings. The van der Waals surface area contributed by atoms with Gasteiger partial charge in [0.25, 0.3) is 5.69 Å². The molecule has 0 aliphatic carbocycles. The summed E-state index contributed by atoms with van der Waals surface area (Å²) in [6.07, 6.45) is 1.45. The first-order valence-corrected chi connectivity index (χ1v) is 11.0. The molecule has 0 unspecified atom stereocenters. The molecule has 12 heteroatoms. The standard InChI is InChI=1S/C21H19N3O8S/c25-20(15-5-2-1-3-6-15)14-32-21(26)13-23-33(29,30)17-8-9-18(19(11-17)24(27)28)22-12-16-7-4-10-31-16/h1-11,22-23H,12-14H2. The molecule has 172 valence electrons. The van der Waals surface area contributed by atoms with Crippen LogP contribution in [0.2, 0.25) is 0 Å². The van der Waals surface area contributed by atoms with Gasteiger partial charge >= 0.3 is 5.97 Å². The van der Waals surface area contributed by atoms with Gasteiger partial charge < -0.3 is 14.5 Å². The van der Waals surface area contributed by atoms with Gasteiger partial charge in [-0.3, -0.25) is 19.7 Å². The number of anilines is 1. The van der Waals surface area contributed by atoms with Gasteiger partial charge in [-0.25, -0.2) is 8.42 Å². The van der Waals surface area contributed by atoms with E-state index in [0.717, 1.165) is 12.1 Å². The minimum Gasteiger partial charge on any atom is -0.467 e. The number of nitro benzene ring substituents is 1. The van der Waals surface area contributed by atoms with Crippen molar-refractivity contribution in [1.82, 2.24) is 4.72 Å². The van der Waals surface area contributed by atoms with Crippen molar-refractivity contribution >= 4 is 33.2 Å². The van der Waals surface area contributed by atoms with Crippen molar-refractivity contribution in [2.45, 2.75) is 11.4 Å². The van der Waals surface area contributed by atoms with Crippen LogP contribution < -0.4 is 10.0 Å². The summed E-state index contributed by atoms with van der Waals surface area (Å²) in [5, 5.41) is 14.2. The minimum atomic E-state index is -4.26. The zero-order valence-corrected chi connectivity index (χ0v) is 17.9. The monoisotopic (exact) mass is 473 g/mol. The molecule has 0 saturated carbocycles. The summed E-state index contributed by atoms with van der Waals surface area (Å²) in [5.41, 5.74) is -0.0337. The molecule has 2 aromatic carbocycles. The number of hydrogen-bond donors (Lipinski definition) is 2. The molecule has 2 N–H and O–H groups in total. The summed E-state index contributed by atoms with van der Waals surface area (Å²) in [7, 11) is -4.26. The SMILES string of the molecule is O=C(CNS(=O)(=O)c1ccc(NCc2ccco2)c([N+](=O)[O-])c1)OCC(=O)c1ccccc1. The van der Waals surface area contributed by atoms with Crippen molar-refractivity contribution in [1.29, 1.82) is 0 Å². The zero-order valence-electron chi connectivity index (χ0n) is 17.1. The number of carbonyl (C=O) groups is 2. The van der Waals surface area contributed by atoms with Crippen LogP contribution in [0.1, 0.15) is 16.1 Å². The number of nitrogens with zero attached hydrogens (tertiary/aromatic N) is 1. The molecule has 0 amide bonds. The lowest BCUT2D eigenvalue weighted by Crippen LogP contribution is -2.31. The number of esters is 1. The average Bonchev–Trinajstić information content (AvgIpc) is 3.34. The van der Waals surface area contributed by atoms with Gasteiger partial charge in [-0.1, -0.05) is 30.3 Å². The quantitative estimate of drug-likeness (QED) is 0.185. The number of carbonyl (C=O) groups excluding carboxylic acids is 2. The van der Waals surface area contributed by atoms with Gasteiger partial charge in [-0.15, -0.1) is 0 Å². The Labute approximate surface area is 188 Å². The van der Waals surface area contributed by atoms with Crippen LogP contribution in [0, 0.1) is 10.1 Å². The van der Waals surface area contributed by atoms with Gasteiger partial charge in [-0.05, 0) is 24.3 Å². The highest BCUT2D eigenvalue weighted by molar-refractivity contribution is 7.89. The van der Waals surface area contributed by atoms with E-state index in [1.54, 1.807) is 42.5 Å². The van der Waals surface area contributed by atoms with Crippen molar-refractivity contribution < 1.29 is 32.1 Å². The maximum absolute atomic E-state index is 12.5. The Morgan fingerprint density at radius 3 is 2.48 bits per heavy atom. The first-order valence-electron chi connectivity index (χ1n) is 9.54. The molecule has 0 bridgehead atoms. The Hall–Kier alpha value is -4.03. The van der Waals surface area contributed by atoms with Crippen molar-refractivity contribution in [3.63, 3.8) is 0 Å². The van der Waals surface area contributed by atoms with Crippen molar-refractivity contribution in [3.8, 4) is 0 Å². The molecule has 0 radical (unpaired) electrons. The second-order valence-corrected chi connectivity index (χ2v) is 8.41. The predicted molar refractivity (Wildman–Crippen MR) is 116 cm³/mol. The highest BCUT2D eigenvalue weighted by atomic mass is 32.2. The van der Waals surface area contributed by atoms with E-state index in [4.69, 9.17) is 9.15 Å². The highest BCUT2D eigenvalue weighted by Crippen LogP contribution is 2.28. The lowest BCUT2D eigenvalue weighted by molar-refractivity contribution is -0.384. The molecule has 3 rings (SSSR count). The number of sulfonamides is 1. The number of ether oxygens (including phenoxy) is 1. The van der Waals surface area contributed by atoms with Crippen LogP contribution in [-0.2, 0) is 26.1 Å². The van der Waals surface area contributed by atoms with E-state index in [1.165, 1.54) is 12.3 Å². The van der Waals surface area contributed by atoms with Crippen molar-refractivity contribution in [2.75, 3.05) is 18.5 Å². The van der Waals surface area contributed by atoms with Crippen LogP contribution in [0.15, 0.2) is 76.2 Å². The number of rotatable bonds is 11. The number of hydrogen-bond acceptors (Lipinski definition) is 9. The van der Waals surface area contributed by atoms with E-state index in [9.17, 15) is 28.1 Å². The second kappa shape index (κ2) is 10.5. The minimum absolute atomic E-state index is 0.0918. The van der Waals surface area contributed by atoms with Gasteiger partial charge in [0, 0.05) is 11.6 Å². The van der Waals surface area contributed by atoms with Gasteiger partial charge in [-0.2, -0.15) is 4.72 Å². The topological polar surface area (TPSA) is 158 Å².